The zero-order chi connectivity index (χ0) is 18.6. The summed E-state index contributed by atoms with van der Waals surface area (Å²) in [4.78, 5) is 34.5. The summed E-state index contributed by atoms with van der Waals surface area (Å²) in [6.07, 6.45) is 0. The quantitative estimate of drug-likeness (QED) is 0.744. The van der Waals surface area contributed by atoms with E-state index in [1.165, 1.54) is 9.80 Å². The van der Waals surface area contributed by atoms with Gasteiger partial charge in [-0.15, -0.1) is 0 Å². The Morgan fingerprint density at radius 1 is 1.38 bits per heavy atom. The number of aliphatic imine (C=N–C) groups is 1. The average molecular weight is 377 g/mol. The van der Waals surface area contributed by atoms with E-state index in [4.69, 9.17) is 16.3 Å². The molecule has 0 N–H and O–H groups in total. The molecule has 3 aliphatic heterocycles. The van der Waals surface area contributed by atoms with Crippen molar-refractivity contribution in [1.29, 1.82) is 0 Å². The molecule has 1 unspecified atom stereocenters. The topological polar surface area (TPSA) is 68.5 Å². The van der Waals surface area contributed by atoms with E-state index in [0.29, 0.717) is 42.2 Å². The minimum absolute atomic E-state index is 0.232. The van der Waals surface area contributed by atoms with Gasteiger partial charge in [0.2, 0.25) is 11.9 Å². The first-order valence-electron chi connectivity index (χ1n) is 8.40. The van der Waals surface area contributed by atoms with Crippen LogP contribution in [0.25, 0.3) is 0 Å². The Labute approximate surface area is 155 Å². The minimum Gasteiger partial charge on any atom is -0.493 e. The number of amidine groups is 1. The molecule has 26 heavy (non-hydrogen) atoms. The molecule has 9 heteroatoms. The van der Waals surface area contributed by atoms with Crippen LogP contribution >= 0.6 is 11.6 Å². The number of hydrogen-bond acceptors (Lipinski definition) is 5. The Morgan fingerprint density at radius 3 is 2.85 bits per heavy atom. The van der Waals surface area contributed by atoms with Crippen LogP contribution in [0.2, 0.25) is 5.02 Å². The maximum absolute atomic E-state index is 12.8. The molecule has 136 valence electrons. The highest BCUT2D eigenvalue weighted by molar-refractivity contribution is 6.31. The smallest absolute Gasteiger partial charge is 0.397 e. The highest BCUT2D eigenvalue weighted by Crippen LogP contribution is 2.34. The van der Waals surface area contributed by atoms with E-state index in [2.05, 4.69) is 4.99 Å². The molecule has 3 amide bonds. The summed E-state index contributed by atoms with van der Waals surface area (Å²) in [5.41, 5.74) is 0.786. The first-order valence-corrected chi connectivity index (χ1v) is 8.78. The van der Waals surface area contributed by atoms with Gasteiger partial charge in [-0.1, -0.05) is 16.6 Å². The molecule has 1 aromatic carbocycles. The second-order valence-electron chi connectivity index (χ2n) is 6.26. The predicted molar refractivity (Wildman–Crippen MR) is 97.3 cm³/mol. The molecule has 3 aliphatic rings. The van der Waals surface area contributed by atoms with Crippen molar-refractivity contribution < 1.29 is 18.9 Å². The molecule has 0 bridgehead atoms. The van der Waals surface area contributed by atoms with Gasteiger partial charge in [0.15, 0.2) is 5.75 Å². The number of halogens is 1. The van der Waals surface area contributed by atoms with Crippen molar-refractivity contribution >= 4 is 41.0 Å². The molecule has 0 aromatic heterocycles. The van der Waals surface area contributed by atoms with Gasteiger partial charge in [0.05, 0.1) is 13.7 Å². The fourth-order valence-electron chi connectivity index (χ4n) is 3.65. The van der Waals surface area contributed by atoms with Gasteiger partial charge in [-0.3, -0.25) is 14.6 Å². The van der Waals surface area contributed by atoms with Gasteiger partial charge < -0.3 is 4.74 Å². The summed E-state index contributed by atoms with van der Waals surface area (Å²) in [6, 6.07) is 4.46. The van der Waals surface area contributed by atoms with E-state index in [-0.39, 0.29) is 11.9 Å². The van der Waals surface area contributed by atoms with Crippen LogP contribution in [0.3, 0.4) is 0 Å². The second kappa shape index (κ2) is 5.98. The summed E-state index contributed by atoms with van der Waals surface area (Å²) in [5.74, 6) is 1.54. The number of rotatable bonds is 3. The third kappa shape index (κ3) is 2.21. The van der Waals surface area contributed by atoms with E-state index in [1.807, 2.05) is 15.5 Å². The highest BCUT2D eigenvalue weighted by Gasteiger charge is 2.55. The Bertz CT molecular complexity index is 881. The number of anilines is 1. The third-order valence-corrected chi connectivity index (χ3v) is 5.18. The highest BCUT2D eigenvalue weighted by atomic mass is 35.5. The number of nitrogens with zero attached hydrogens (tertiary/aromatic N) is 5. The number of fused-ring (bicyclic) bond motifs is 2. The SMILES string of the molecule is CCN1C(=O)C2C(=NC3=[N+]2CCN3c2cc(Cl)ccc2OC)N(C)C1=O. The minimum atomic E-state index is -0.567. The normalized spacial score (nSPS) is 22.1. The number of carbonyl (C=O) groups excluding carboxylic acids is 2. The number of methoxy groups -OCH3 is 1. The van der Waals surface area contributed by atoms with E-state index < -0.39 is 6.04 Å². The number of hydrogen-bond donors (Lipinski definition) is 0. The fraction of sp³-hybridized carbons (Fsp3) is 0.412. The predicted octanol–water partition coefficient (Wildman–Crippen LogP) is 1.23. The van der Waals surface area contributed by atoms with Gasteiger partial charge in [-0.25, -0.2) is 14.3 Å². The van der Waals surface area contributed by atoms with Crippen molar-refractivity contribution in [3.63, 3.8) is 0 Å². The Balaban J connectivity index is 1.79. The Kier molecular flexibility index (Phi) is 3.87. The monoisotopic (exact) mass is 376 g/mol. The number of imide groups is 1. The van der Waals surface area contributed by atoms with Gasteiger partial charge in [-0.2, -0.15) is 0 Å². The lowest BCUT2D eigenvalue weighted by molar-refractivity contribution is -0.525. The molecule has 0 saturated carbocycles. The van der Waals surface area contributed by atoms with Crippen LogP contribution in [0.5, 0.6) is 5.75 Å². The molecular weight excluding hydrogens is 358 g/mol. The summed E-state index contributed by atoms with van der Waals surface area (Å²) >= 11 is 6.17. The lowest BCUT2D eigenvalue weighted by atomic mass is 10.1. The van der Waals surface area contributed by atoms with E-state index in [1.54, 1.807) is 33.2 Å². The summed E-state index contributed by atoms with van der Waals surface area (Å²) < 4.78 is 7.39. The standard InChI is InChI=1S/C17H19ClN5O3/c1-4-21-15(24)13-14(20(2)17(21)25)19-16-22(7-8-23(13)16)11-9-10(18)5-6-12(11)26-3/h5-6,9,13H,4,7-8H2,1-3H3/q+1. The van der Waals surface area contributed by atoms with Crippen LogP contribution < -0.4 is 9.64 Å². The van der Waals surface area contributed by atoms with Crippen molar-refractivity contribution in [3.05, 3.63) is 23.2 Å². The number of likely N-dealkylation sites (N-methyl/N-ethyl adjacent to an activating group) is 2. The summed E-state index contributed by atoms with van der Waals surface area (Å²) in [7, 11) is 3.25. The van der Waals surface area contributed by atoms with Crippen molar-refractivity contribution in [2.45, 2.75) is 13.0 Å². The molecule has 1 saturated heterocycles. The van der Waals surface area contributed by atoms with Crippen molar-refractivity contribution in [1.82, 2.24) is 9.80 Å². The summed E-state index contributed by atoms with van der Waals surface area (Å²) in [5, 5.41) is 0.587. The average Bonchev–Trinajstić information content (AvgIpc) is 3.19. The molecule has 8 nitrogen and oxygen atoms in total. The number of amides is 3. The van der Waals surface area contributed by atoms with Crippen LogP contribution in [0.4, 0.5) is 10.5 Å². The molecule has 0 aliphatic carbocycles. The van der Waals surface area contributed by atoms with Crippen LogP contribution in [0, 0.1) is 0 Å². The van der Waals surface area contributed by atoms with Crippen LogP contribution in [-0.2, 0) is 4.79 Å². The van der Waals surface area contributed by atoms with Crippen molar-refractivity contribution in [2.75, 3.05) is 38.7 Å². The second-order valence-corrected chi connectivity index (χ2v) is 6.69. The van der Waals surface area contributed by atoms with Crippen LogP contribution in [0.1, 0.15) is 6.92 Å². The maximum Gasteiger partial charge on any atom is 0.397 e. The number of ether oxygens (including phenoxy) is 1. The zero-order valence-corrected chi connectivity index (χ0v) is 15.5. The Hall–Kier alpha value is -2.61. The number of urea groups is 1. The van der Waals surface area contributed by atoms with Gasteiger partial charge in [0, 0.05) is 18.6 Å². The van der Waals surface area contributed by atoms with Gasteiger partial charge >= 0.3 is 12.0 Å². The van der Waals surface area contributed by atoms with Gasteiger partial charge in [-0.05, 0) is 25.1 Å². The lowest BCUT2D eigenvalue weighted by Gasteiger charge is -2.33. The number of carbonyl (C=O) groups is 2. The fourth-order valence-corrected chi connectivity index (χ4v) is 3.82. The van der Waals surface area contributed by atoms with Crippen LogP contribution in [0.15, 0.2) is 23.2 Å². The number of guanidine groups is 1. The first-order chi connectivity index (χ1) is 12.5. The lowest BCUT2D eigenvalue weighted by Crippen LogP contribution is -2.62. The molecule has 1 atom stereocenters. The largest absolute Gasteiger partial charge is 0.493 e. The molecule has 0 radical (unpaired) electrons. The zero-order valence-electron chi connectivity index (χ0n) is 14.8. The van der Waals surface area contributed by atoms with Crippen LogP contribution in [-0.4, -0.2) is 77.9 Å². The van der Waals surface area contributed by atoms with E-state index in [9.17, 15) is 9.59 Å². The molecule has 4 rings (SSSR count). The molecule has 3 heterocycles. The van der Waals surface area contributed by atoms with E-state index >= 15 is 0 Å². The van der Waals surface area contributed by atoms with Gasteiger partial charge in [0.25, 0.3) is 5.91 Å². The molecular formula is C17H19ClN5O3+. The number of benzene rings is 1. The van der Waals surface area contributed by atoms with Crippen molar-refractivity contribution in [2.24, 2.45) is 4.99 Å². The molecule has 1 aromatic rings. The maximum atomic E-state index is 12.8. The summed E-state index contributed by atoms with van der Waals surface area (Å²) in [6.45, 7) is 3.39. The molecule has 1 fully saturated rings. The Morgan fingerprint density at radius 2 is 2.15 bits per heavy atom. The molecule has 0 spiro atoms. The van der Waals surface area contributed by atoms with Crippen molar-refractivity contribution in [3.8, 4) is 5.75 Å². The first kappa shape index (κ1) is 16.8. The van der Waals surface area contributed by atoms with E-state index in [0.717, 1.165) is 5.69 Å². The third-order valence-electron chi connectivity index (χ3n) is 4.94. The van der Waals surface area contributed by atoms with Gasteiger partial charge in [0.1, 0.15) is 12.2 Å².